The van der Waals surface area contributed by atoms with E-state index in [4.69, 9.17) is 0 Å². The molecule has 0 spiro atoms. The Balaban J connectivity index is 3.33. The molecule has 3 nitrogen and oxygen atoms in total. The standard InChI is InChI=1S/C3H7F5N3P3/c1-2-3-12(4)9-13(5,6)11-14(7,8)10-12/h2-3H2,1H3. The zero-order valence-corrected chi connectivity index (χ0v) is 9.67. The van der Waals surface area contributed by atoms with Gasteiger partial charge in [0, 0.05) is 6.16 Å². The topological polar surface area (TPSA) is 37.1 Å². The highest BCUT2D eigenvalue weighted by molar-refractivity contribution is 7.79. The van der Waals surface area contributed by atoms with E-state index in [2.05, 4.69) is 9.03 Å². The van der Waals surface area contributed by atoms with Crippen molar-refractivity contribution in [2.75, 3.05) is 6.16 Å². The maximum absolute atomic E-state index is 13.4. The lowest BCUT2D eigenvalue weighted by molar-refractivity contribution is 0.696. The molecule has 1 unspecified atom stereocenters. The molecule has 0 bridgehead atoms. The van der Waals surface area contributed by atoms with E-state index < -0.39 is 29.3 Å². The van der Waals surface area contributed by atoms with Gasteiger partial charge in [-0.05, 0) is 6.42 Å². The fraction of sp³-hybridized carbons (Fsp3) is 1.00. The summed E-state index contributed by atoms with van der Waals surface area (Å²) >= 11 is 0. The first-order valence-electron chi connectivity index (χ1n) is 3.57. The van der Waals surface area contributed by atoms with Crippen molar-refractivity contribution in [1.82, 2.24) is 0 Å². The van der Waals surface area contributed by atoms with Crippen molar-refractivity contribution in [2.24, 2.45) is 13.5 Å². The lowest BCUT2D eigenvalue weighted by Crippen LogP contribution is -1.81. The summed E-state index contributed by atoms with van der Waals surface area (Å²) in [7, 11) is -15.3. The van der Waals surface area contributed by atoms with Crippen LogP contribution in [0.3, 0.4) is 0 Å². The third kappa shape index (κ3) is 3.18. The van der Waals surface area contributed by atoms with E-state index in [-0.39, 0.29) is 6.42 Å². The number of hydrogen-bond donors (Lipinski definition) is 0. The maximum atomic E-state index is 13.4. The van der Waals surface area contributed by atoms with Gasteiger partial charge in [-0.1, -0.05) is 6.92 Å². The van der Waals surface area contributed by atoms with Gasteiger partial charge < -0.3 is 0 Å². The molecule has 0 amide bonds. The molecule has 0 aromatic carbocycles. The van der Waals surface area contributed by atoms with Gasteiger partial charge >= 0.3 is 15.7 Å². The van der Waals surface area contributed by atoms with Crippen LogP contribution in [0.5, 0.6) is 0 Å². The van der Waals surface area contributed by atoms with Crippen LogP contribution in [0, 0.1) is 0 Å². The van der Waals surface area contributed by atoms with Gasteiger partial charge in [-0.15, -0.1) is 21.3 Å². The highest BCUT2D eigenvalue weighted by Crippen LogP contribution is 2.81. The molecule has 0 saturated heterocycles. The lowest BCUT2D eigenvalue weighted by atomic mass is 10.6. The minimum atomic E-state index is -5.48. The maximum Gasteiger partial charge on any atom is 0.423 e. The van der Waals surface area contributed by atoms with Crippen molar-refractivity contribution in [3.8, 4) is 0 Å². The van der Waals surface area contributed by atoms with Gasteiger partial charge in [0.1, 0.15) is 0 Å². The third-order valence-corrected chi connectivity index (χ3v) is 7.87. The summed E-state index contributed by atoms with van der Waals surface area (Å²) in [5.41, 5.74) is 0. The monoisotopic (exact) mass is 273 g/mol. The third-order valence-electron chi connectivity index (χ3n) is 1.21. The Morgan fingerprint density at radius 1 is 0.857 bits per heavy atom. The van der Waals surface area contributed by atoms with Crippen LogP contribution < -0.4 is 0 Å². The normalized spacial score (nSPS) is 33.9. The molecule has 1 heterocycles. The average molecular weight is 273 g/mol. The summed E-state index contributed by atoms with van der Waals surface area (Å²) in [4.78, 5) is 0. The number of halogens is 5. The summed E-state index contributed by atoms with van der Waals surface area (Å²) < 4.78 is 70.5. The summed E-state index contributed by atoms with van der Waals surface area (Å²) in [6, 6.07) is 0. The summed E-state index contributed by atoms with van der Waals surface area (Å²) in [6.45, 7) is 1.49. The Morgan fingerprint density at radius 3 is 1.79 bits per heavy atom. The predicted octanol–water partition coefficient (Wildman–Crippen LogP) is 6.18. The molecule has 0 aliphatic carbocycles. The fourth-order valence-corrected chi connectivity index (χ4v) is 7.24. The van der Waals surface area contributed by atoms with Crippen LogP contribution >= 0.6 is 23.2 Å². The van der Waals surface area contributed by atoms with E-state index in [9.17, 15) is 21.0 Å². The van der Waals surface area contributed by atoms with Crippen LogP contribution in [0.15, 0.2) is 13.5 Å². The fourth-order valence-electron chi connectivity index (χ4n) is 0.887. The van der Waals surface area contributed by atoms with Crippen molar-refractivity contribution >= 4 is 23.2 Å². The summed E-state index contributed by atoms with van der Waals surface area (Å²) in [5.74, 6) is 0. The van der Waals surface area contributed by atoms with Crippen LogP contribution in [-0.2, 0) is 0 Å². The Kier molecular flexibility index (Phi) is 3.31. The highest BCUT2D eigenvalue weighted by Gasteiger charge is 2.38. The van der Waals surface area contributed by atoms with E-state index in [1.54, 1.807) is 0 Å². The van der Waals surface area contributed by atoms with E-state index in [0.717, 1.165) is 0 Å². The Labute approximate surface area is 78.0 Å². The van der Waals surface area contributed by atoms with Gasteiger partial charge in [-0.2, -0.15) is 13.2 Å². The number of nitrogens with zero attached hydrogens (tertiary/aromatic N) is 3. The summed E-state index contributed by atoms with van der Waals surface area (Å²) in [6.07, 6.45) is -0.301. The molecular weight excluding hydrogens is 266 g/mol. The quantitative estimate of drug-likeness (QED) is 0.425. The zero-order valence-electron chi connectivity index (χ0n) is 6.99. The van der Waals surface area contributed by atoms with Gasteiger partial charge in [0.2, 0.25) is 0 Å². The molecule has 84 valence electrons. The Bertz CT molecular complexity index is 383. The first kappa shape index (κ1) is 12.4. The minimum Gasteiger partial charge on any atom is -0.183 e. The smallest absolute Gasteiger partial charge is 0.183 e. The van der Waals surface area contributed by atoms with Crippen LogP contribution in [0.1, 0.15) is 13.3 Å². The molecular formula is C3H7F5N3P3. The molecule has 0 radical (unpaired) electrons. The second kappa shape index (κ2) is 3.73. The highest BCUT2D eigenvalue weighted by atomic mass is 31.3. The minimum absolute atomic E-state index is 0.150. The van der Waals surface area contributed by atoms with Crippen LogP contribution in [0.2, 0.25) is 0 Å². The first-order chi connectivity index (χ1) is 6.18. The van der Waals surface area contributed by atoms with E-state index >= 15 is 0 Å². The second-order valence-corrected chi connectivity index (χ2v) is 8.25. The predicted molar refractivity (Wildman–Crippen MR) is 48.7 cm³/mol. The molecule has 0 aromatic heterocycles. The molecule has 0 fully saturated rings. The molecule has 0 saturated carbocycles. The SMILES string of the molecule is CCCP1(F)=NP(F)(F)=NP(F)(F)=N1. The first-order valence-corrected chi connectivity index (χ1v) is 8.29. The van der Waals surface area contributed by atoms with Gasteiger partial charge in [0.05, 0.1) is 0 Å². The Morgan fingerprint density at radius 2 is 1.36 bits per heavy atom. The van der Waals surface area contributed by atoms with E-state index in [1.807, 2.05) is 4.52 Å². The van der Waals surface area contributed by atoms with Crippen molar-refractivity contribution < 1.29 is 21.0 Å². The average Bonchev–Trinajstić information content (AvgIpc) is 1.75. The van der Waals surface area contributed by atoms with Gasteiger partial charge in [-0.25, -0.2) is 0 Å². The molecule has 1 aliphatic rings. The lowest BCUT2D eigenvalue weighted by Gasteiger charge is -2.15. The number of hydrogen-bond acceptors (Lipinski definition) is 3. The zero-order chi connectivity index (χ0) is 11.0. The van der Waals surface area contributed by atoms with Gasteiger partial charge in [0.15, 0.2) is 0 Å². The Hall–Kier alpha value is 0.340. The van der Waals surface area contributed by atoms with Crippen molar-refractivity contribution in [3.05, 3.63) is 0 Å². The molecule has 11 heteroatoms. The van der Waals surface area contributed by atoms with Crippen molar-refractivity contribution in [1.29, 1.82) is 0 Å². The molecule has 1 atom stereocenters. The van der Waals surface area contributed by atoms with Crippen LogP contribution in [0.25, 0.3) is 0 Å². The number of rotatable bonds is 2. The molecule has 1 aliphatic heterocycles. The van der Waals surface area contributed by atoms with Gasteiger partial charge in [-0.3, -0.25) is 0 Å². The van der Waals surface area contributed by atoms with Crippen LogP contribution in [0.4, 0.5) is 21.0 Å². The van der Waals surface area contributed by atoms with E-state index in [0.29, 0.717) is 0 Å². The second-order valence-electron chi connectivity index (χ2n) is 2.55. The van der Waals surface area contributed by atoms with Crippen molar-refractivity contribution in [3.63, 3.8) is 0 Å². The molecule has 14 heavy (non-hydrogen) atoms. The van der Waals surface area contributed by atoms with Crippen molar-refractivity contribution in [2.45, 2.75) is 13.3 Å². The van der Waals surface area contributed by atoms with E-state index in [1.165, 1.54) is 6.92 Å². The van der Waals surface area contributed by atoms with Gasteiger partial charge in [0.25, 0.3) is 7.52 Å². The molecule has 1 rings (SSSR count). The summed E-state index contributed by atoms with van der Waals surface area (Å²) in [5, 5.41) is 0. The van der Waals surface area contributed by atoms with Crippen LogP contribution in [-0.4, -0.2) is 6.16 Å². The molecule has 0 N–H and O–H groups in total. The largest absolute Gasteiger partial charge is 0.423 e. The molecule has 0 aromatic rings.